The van der Waals surface area contributed by atoms with E-state index in [4.69, 9.17) is 4.74 Å². The summed E-state index contributed by atoms with van der Waals surface area (Å²) < 4.78 is 35.8. The number of benzene rings is 2. The first-order valence-corrected chi connectivity index (χ1v) is 11.4. The molecule has 0 bridgehead atoms. The van der Waals surface area contributed by atoms with Gasteiger partial charge in [-0.25, -0.2) is 13.8 Å². The molecule has 0 spiro atoms. The third-order valence-electron chi connectivity index (χ3n) is 5.47. The second-order valence-electron chi connectivity index (χ2n) is 7.77. The minimum atomic E-state index is -0.729. The summed E-state index contributed by atoms with van der Waals surface area (Å²) in [5.41, 5.74) is 3.28. The Morgan fingerprint density at radius 3 is 2.43 bits per heavy atom. The highest BCUT2D eigenvalue weighted by molar-refractivity contribution is 5.65. The fourth-order valence-corrected chi connectivity index (χ4v) is 3.69. The van der Waals surface area contributed by atoms with Gasteiger partial charge in [-0.05, 0) is 49.7 Å². The molecule has 6 nitrogen and oxygen atoms in total. The molecular weight excluding hydrogens is 450 g/mol. The Morgan fingerprint density at radius 2 is 1.83 bits per heavy atom. The molecule has 2 heterocycles. The number of nitrogens with zero attached hydrogens (tertiary/aromatic N) is 3. The van der Waals surface area contributed by atoms with Gasteiger partial charge in [0.15, 0.2) is 0 Å². The Morgan fingerprint density at radius 1 is 1.11 bits per heavy atom. The number of ether oxygens (including phenoxy) is 1. The minimum absolute atomic E-state index is 0. The molecule has 0 radical (unpaired) electrons. The van der Waals surface area contributed by atoms with Crippen molar-refractivity contribution in [3.63, 3.8) is 0 Å². The Labute approximate surface area is 205 Å². The zero-order valence-electron chi connectivity index (χ0n) is 20.5. The maximum atomic E-state index is 13.6. The number of rotatable bonds is 7. The number of hydrogen-bond acceptors (Lipinski definition) is 4. The van der Waals surface area contributed by atoms with Crippen LogP contribution in [0.25, 0.3) is 5.69 Å². The maximum absolute atomic E-state index is 13.6. The molecular formula is C27H32F2N4O2. The molecule has 0 amide bonds. The fraction of sp³-hybridized carbons (Fsp3) is 0.259. The molecule has 35 heavy (non-hydrogen) atoms. The monoisotopic (exact) mass is 482 g/mol. The molecule has 0 saturated heterocycles. The van der Waals surface area contributed by atoms with Crippen LogP contribution in [0.1, 0.15) is 45.1 Å². The molecule has 0 unspecified atom stereocenters. The van der Waals surface area contributed by atoms with Crippen LogP contribution in [0.5, 0.6) is 5.75 Å². The van der Waals surface area contributed by atoms with Crippen LogP contribution >= 0.6 is 0 Å². The third kappa shape index (κ3) is 5.77. The van der Waals surface area contributed by atoms with Gasteiger partial charge in [-0.2, -0.15) is 0 Å². The number of aromatic nitrogens is 3. The standard InChI is InChI=1S/C25H24F2N4O2.C2H6.H2/c1-16-13-30(15-28-16)23-9-8-21(11-24(23)33-3)29-22-10-18(12-26)14-31(25(22)32)17(2)19-4-6-20(27)7-5-19;1-2;/h4-11,13-15,17,29H,12H2,1-3H3;1-2H3;1H/t17-;;/m0../s1. The van der Waals surface area contributed by atoms with E-state index in [9.17, 15) is 13.6 Å². The Kier molecular flexibility index (Phi) is 8.41. The van der Waals surface area contributed by atoms with Crippen LogP contribution in [-0.4, -0.2) is 21.2 Å². The molecule has 186 valence electrons. The molecule has 0 aliphatic rings. The van der Waals surface area contributed by atoms with Crippen molar-refractivity contribution in [1.82, 2.24) is 14.1 Å². The number of aryl methyl sites for hydroxylation is 1. The SMILES string of the molecule is CC.COc1cc(Nc2cc(CF)cn([C@@H](C)c3ccc(F)cc3)c2=O)ccc1-n1cnc(C)c1.[HH]. The second kappa shape index (κ2) is 11.5. The number of hydrogen-bond donors (Lipinski definition) is 1. The number of methoxy groups -OCH3 is 1. The van der Waals surface area contributed by atoms with Gasteiger partial charge in [0.05, 0.1) is 30.9 Å². The lowest BCUT2D eigenvalue weighted by atomic mass is 10.1. The van der Waals surface area contributed by atoms with Crippen LogP contribution in [-0.2, 0) is 6.67 Å². The molecule has 4 aromatic rings. The molecule has 0 saturated carbocycles. The van der Waals surface area contributed by atoms with Crippen molar-refractivity contribution in [2.75, 3.05) is 12.4 Å². The van der Waals surface area contributed by atoms with E-state index in [2.05, 4.69) is 10.3 Å². The molecule has 0 aliphatic carbocycles. The van der Waals surface area contributed by atoms with Crippen molar-refractivity contribution >= 4 is 11.4 Å². The van der Waals surface area contributed by atoms with Gasteiger partial charge in [-0.1, -0.05) is 26.0 Å². The van der Waals surface area contributed by atoms with Gasteiger partial charge in [-0.15, -0.1) is 0 Å². The van der Waals surface area contributed by atoms with Crippen LogP contribution in [0, 0.1) is 12.7 Å². The number of halogens is 2. The normalized spacial score (nSPS) is 11.4. The number of imidazole rings is 1. The van der Waals surface area contributed by atoms with Gasteiger partial charge in [-0.3, -0.25) is 4.79 Å². The summed E-state index contributed by atoms with van der Waals surface area (Å²) in [6.45, 7) is 6.98. The van der Waals surface area contributed by atoms with Crippen molar-refractivity contribution in [3.05, 3.63) is 100 Å². The Balaban J connectivity index is 0.00000148. The molecule has 2 aromatic heterocycles. The average molecular weight is 483 g/mol. The van der Waals surface area contributed by atoms with Gasteiger partial charge >= 0.3 is 0 Å². The van der Waals surface area contributed by atoms with E-state index in [1.54, 1.807) is 31.6 Å². The van der Waals surface area contributed by atoms with Crippen LogP contribution in [0.15, 0.2) is 72.0 Å². The number of alkyl halides is 1. The highest BCUT2D eigenvalue weighted by Crippen LogP contribution is 2.28. The molecule has 1 N–H and O–H groups in total. The largest absolute Gasteiger partial charge is 0.494 e. The van der Waals surface area contributed by atoms with E-state index in [1.165, 1.54) is 29.0 Å². The lowest BCUT2D eigenvalue weighted by Gasteiger charge is -2.19. The smallest absolute Gasteiger partial charge is 0.274 e. The summed E-state index contributed by atoms with van der Waals surface area (Å²) in [5.74, 6) is 0.223. The van der Waals surface area contributed by atoms with Crippen LogP contribution in [0.3, 0.4) is 0 Å². The highest BCUT2D eigenvalue weighted by Gasteiger charge is 2.15. The predicted octanol–water partition coefficient (Wildman–Crippen LogP) is 6.58. The number of pyridine rings is 1. The van der Waals surface area contributed by atoms with E-state index < -0.39 is 12.7 Å². The summed E-state index contributed by atoms with van der Waals surface area (Å²) in [6, 6.07) is 12.4. The molecule has 0 aliphatic heterocycles. The lowest BCUT2D eigenvalue weighted by molar-refractivity contribution is 0.413. The first kappa shape index (κ1) is 25.7. The van der Waals surface area contributed by atoms with E-state index in [0.29, 0.717) is 17.0 Å². The van der Waals surface area contributed by atoms with Crippen molar-refractivity contribution in [3.8, 4) is 11.4 Å². The average Bonchev–Trinajstić information content (AvgIpc) is 3.32. The summed E-state index contributed by atoms with van der Waals surface area (Å²) in [4.78, 5) is 17.5. The Hall–Kier alpha value is -3.94. The van der Waals surface area contributed by atoms with Crippen LogP contribution in [0.4, 0.5) is 20.2 Å². The zero-order chi connectivity index (χ0) is 25.5. The first-order valence-electron chi connectivity index (χ1n) is 11.4. The van der Waals surface area contributed by atoms with E-state index in [-0.39, 0.29) is 18.5 Å². The quantitative estimate of drug-likeness (QED) is 0.323. The topological polar surface area (TPSA) is 61.1 Å². The molecule has 4 rings (SSSR count). The van der Waals surface area contributed by atoms with E-state index in [1.807, 2.05) is 50.6 Å². The molecule has 8 heteroatoms. The van der Waals surface area contributed by atoms with Crippen molar-refractivity contribution in [1.29, 1.82) is 0 Å². The van der Waals surface area contributed by atoms with Gasteiger partial charge in [0.1, 0.15) is 23.9 Å². The molecule has 2 aromatic carbocycles. The van der Waals surface area contributed by atoms with Crippen LogP contribution in [0.2, 0.25) is 0 Å². The molecule has 0 fully saturated rings. The summed E-state index contributed by atoms with van der Waals surface area (Å²) in [5, 5.41) is 3.10. The van der Waals surface area contributed by atoms with Gasteiger partial charge in [0, 0.05) is 31.1 Å². The second-order valence-corrected chi connectivity index (χ2v) is 7.77. The number of anilines is 2. The van der Waals surface area contributed by atoms with Crippen molar-refractivity contribution in [2.45, 2.75) is 40.4 Å². The van der Waals surface area contributed by atoms with Gasteiger partial charge in [0.2, 0.25) is 0 Å². The number of nitrogens with one attached hydrogen (secondary N) is 1. The highest BCUT2D eigenvalue weighted by atomic mass is 19.1. The van der Waals surface area contributed by atoms with Crippen molar-refractivity contribution < 1.29 is 14.9 Å². The minimum Gasteiger partial charge on any atom is -0.494 e. The fourth-order valence-electron chi connectivity index (χ4n) is 3.69. The third-order valence-corrected chi connectivity index (χ3v) is 5.47. The molecule has 1 atom stereocenters. The predicted molar refractivity (Wildman–Crippen MR) is 137 cm³/mol. The summed E-state index contributed by atoms with van der Waals surface area (Å²) >= 11 is 0. The Bertz CT molecular complexity index is 1340. The van der Waals surface area contributed by atoms with Gasteiger partial charge < -0.3 is 19.2 Å². The van der Waals surface area contributed by atoms with Crippen LogP contribution < -0.4 is 15.6 Å². The van der Waals surface area contributed by atoms with Crippen molar-refractivity contribution in [2.24, 2.45) is 0 Å². The summed E-state index contributed by atoms with van der Waals surface area (Å²) in [7, 11) is 1.56. The van der Waals surface area contributed by atoms with Gasteiger partial charge in [0.25, 0.3) is 5.56 Å². The van der Waals surface area contributed by atoms with E-state index >= 15 is 0 Å². The zero-order valence-corrected chi connectivity index (χ0v) is 20.5. The lowest BCUT2D eigenvalue weighted by Crippen LogP contribution is -2.26. The maximum Gasteiger partial charge on any atom is 0.274 e. The summed E-state index contributed by atoms with van der Waals surface area (Å²) in [6.07, 6.45) is 5.07. The van der Waals surface area contributed by atoms with E-state index in [0.717, 1.165) is 16.9 Å². The first-order chi connectivity index (χ1) is 16.9.